The predicted molar refractivity (Wildman–Crippen MR) is 99.4 cm³/mol. The van der Waals surface area contributed by atoms with Crippen molar-refractivity contribution in [2.75, 3.05) is 10.2 Å². The molecule has 2 aromatic rings. The first-order chi connectivity index (χ1) is 12.7. The Morgan fingerprint density at radius 3 is 2.48 bits per heavy atom. The lowest BCUT2D eigenvalue weighted by atomic mass is 9.92. The minimum absolute atomic E-state index is 0.151. The standard InChI is InChI=1S/C18H21N3O5S/c1-18(2,3)14-10-15(26-20-14)19-17(23)13-8-9-16(22)21(13)11-4-6-12(7-5-11)27(24)25/h4-7,10,13,27H,8-9H2,1-3H3,(H,19,23)/t13-/m0/s1. The Kier molecular flexibility index (Phi) is 5.05. The molecule has 0 bridgehead atoms. The molecule has 1 aromatic heterocycles. The number of nitrogens with one attached hydrogen (secondary N) is 1. The molecule has 1 N–H and O–H groups in total. The number of carbonyl (C=O) groups is 2. The van der Waals surface area contributed by atoms with Crippen molar-refractivity contribution in [3.63, 3.8) is 0 Å². The predicted octanol–water partition coefficient (Wildman–Crippen LogP) is 2.08. The second kappa shape index (κ2) is 7.15. The van der Waals surface area contributed by atoms with E-state index in [2.05, 4.69) is 10.5 Å². The Morgan fingerprint density at radius 1 is 1.26 bits per heavy atom. The average molecular weight is 391 g/mol. The van der Waals surface area contributed by atoms with Crippen molar-refractivity contribution in [2.24, 2.45) is 0 Å². The summed E-state index contributed by atoms with van der Waals surface area (Å²) in [6.07, 6.45) is 0.599. The highest BCUT2D eigenvalue weighted by Crippen LogP contribution is 2.29. The summed E-state index contributed by atoms with van der Waals surface area (Å²) in [5.74, 6) is -0.346. The van der Waals surface area contributed by atoms with E-state index in [1.54, 1.807) is 6.07 Å². The van der Waals surface area contributed by atoms with Gasteiger partial charge in [0, 0.05) is 23.6 Å². The molecule has 2 amide bonds. The van der Waals surface area contributed by atoms with Crippen molar-refractivity contribution in [1.29, 1.82) is 0 Å². The zero-order chi connectivity index (χ0) is 19.8. The third-order valence-electron chi connectivity index (χ3n) is 4.38. The number of thiol groups is 1. The van der Waals surface area contributed by atoms with Crippen LogP contribution in [0.2, 0.25) is 0 Å². The van der Waals surface area contributed by atoms with Crippen LogP contribution in [-0.2, 0) is 25.7 Å². The average Bonchev–Trinajstić information content (AvgIpc) is 3.21. The van der Waals surface area contributed by atoms with Crippen molar-refractivity contribution in [2.45, 2.75) is 50.0 Å². The molecular weight excluding hydrogens is 370 g/mol. The van der Waals surface area contributed by atoms with Gasteiger partial charge in [0.2, 0.25) is 17.7 Å². The van der Waals surface area contributed by atoms with Crippen LogP contribution in [0, 0.1) is 0 Å². The monoisotopic (exact) mass is 391 g/mol. The van der Waals surface area contributed by atoms with Crippen LogP contribution in [0.25, 0.3) is 0 Å². The molecule has 1 atom stereocenters. The summed E-state index contributed by atoms with van der Waals surface area (Å²) in [6.45, 7) is 5.94. The fourth-order valence-electron chi connectivity index (χ4n) is 2.88. The maximum atomic E-state index is 12.7. The molecule has 27 heavy (non-hydrogen) atoms. The van der Waals surface area contributed by atoms with Gasteiger partial charge in [-0.05, 0) is 30.7 Å². The highest BCUT2D eigenvalue weighted by molar-refractivity contribution is 7.72. The quantitative estimate of drug-likeness (QED) is 0.772. The van der Waals surface area contributed by atoms with Gasteiger partial charge in [0.05, 0.1) is 10.6 Å². The normalized spacial score (nSPS) is 17.6. The van der Waals surface area contributed by atoms with Gasteiger partial charge in [0.1, 0.15) is 6.04 Å². The topological polar surface area (TPSA) is 110 Å². The molecule has 144 valence electrons. The molecule has 0 radical (unpaired) electrons. The van der Waals surface area contributed by atoms with Crippen molar-refractivity contribution in [3.8, 4) is 0 Å². The molecule has 1 aliphatic rings. The van der Waals surface area contributed by atoms with Gasteiger partial charge in [-0.1, -0.05) is 25.9 Å². The Labute approximate surface area is 158 Å². The molecule has 8 nitrogen and oxygen atoms in total. The number of aromatic nitrogens is 1. The maximum Gasteiger partial charge on any atom is 0.249 e. The van der Waals surface area contributed by atoms with Gasteiger partial charge in [-0.2, -0.15) is 0 Å². The fourth-order valence-corrected chi connectivity index (χ4v) is 3.28. The van der Waals surface area contributed by atoms with Crippen molar-refractivity contribution in [1.82, 2.24) is 5.16 Å². The van der Waals surface area contributed by atoms with Crippen molar-refractivity contribution in [3.05, 3.63) is 36.0 Å². The molecule has 0 spiro atoms. The van der Waals surface area contributed by atoms with Crippen molar-refractivity contribution >= 4 is 34.1 Å². The first-order valence-electron chi connectivity index (χ1n) is 8.51. The number of hydrogen-bond acceptors (Lipinski definition) is 6. The number of anilines is 2. The molecular formula is C18H21N3O5S. The first-order valence-corrected chi connectivity index (χ1v) is 9.69. The number of carbonyl (C=O) groups excluding carboxylic acids is 2. The van der Waals surface area contributed by atoms with E-state index in [1.807, 2.05) is 20.8 Å². The summed E-state index contributed by atoms with van der Waals surface area (Å²) in [4.78, 5) is 26.5. The second-order valence-electron chi connectivity index (χ2n) is 7.41. The molecule has 1 saturated heterocycles. The Balaban J connectivity index is 1.79. The van der Waals surface area contributed by atoms with Gasteiger partial charge < -0.3 is 4.52 Å². The molecule has 3 rings (SSSR count). The number of amides is 2. The van der Waals surface area contributed by atoms with Crippen LogP contribution in [0.1, 0.15) is 39.3 Å². The largest absolute Gasteiger partial charge is 0.338 e. The summed E-state index contributed by atoms with van der Waals surface area (Å²) >= 11 is 0. The molecule has 0 saturated carbocycles. The third-order valence-corrected chi connectivity index (χ3v) is 5.10. The fraction of sp³-hybridized carbons (Fsp3) is 0.389. The highest BCUT2D eigenvalue weighted by atomic mass is 32.2. The minimum atomic E-state index is -2.70. The van der Waals surface area contributed by atoms with Crippen LogP contribution in [0.4, 0.5) is 11.6 Å². The molecule has 1 aliphatic heterocycles. The van der Waals surface area contributed by atoms with E-state index in [-0.39, 0.29) is 34.4 Å². The molecule has 0 unspecified atom stereocenters. The lowest BCUT2D eigenvalue weighted by Gasteiger charge is -2.23. The lowest BCUT2D eigenvalue weighted by molar-refractivity contribution is -0.120. The molecule has 2 heterocycles. The maximum absolute atomic E-state index is 12.7. The number of rotatable bonds is 4. The van der Waals surface area contributed by atoms with E-state index >= 15 is 0 Å². The van der Waals surface area contributed by atoms with E-state index < -0.39 is 16.7 Å². The zero-order valence-corrected chi connectivity index (χ0v) is 16.2. The van der Waals surface area contributed by atoms with Gasteiger partial charge in [-0.25, -0.2) is 8.42 Å². The van der Waals surface area contributed by atoms with E-state index in [0.29, 0.717) is 17.8 Å². The molecule has 1 fully saturated rings. The Bertz CT molecular complexity index is 933. The van der Waals surface area contributed by atoms with E-state index in [4.69, 9.17) is 4.52 Å². The van der Waals surface area contributed by atoms with Gasteiger partial charge in [0.15, 0.2) is 10.7 Å². The van der Waals surface area contributed by atoms with Crippen molar-refractivity contribution < 1.29 is 22.5 Å². The summed E-state index contributed by atoms with van der Waals surface area (Å²) in [6, 6.07) is 6.83. The number of benzene rings is 1. The van der Waals surface area contributed by atoms with Crippen LogP contribution in [-0.4, -0.2) is 31.4 Å². The summed E-state index contributed by atoms with van der Waals surface area (Å²) in [5.41, 5.74) is 0.970. The van der Waals surface area contributed by atoms with E-state index in [1.165, 1.54) is 29.2 Å². The number of nitrogens with zero attached hydrogens (tertiary/aromatic N) is 2. The van der Waals surface area contributed by atoms with E-state index in [9.17, 15) is 18.0 Å². The lowest BCUT2D eigenvalue weighted by Crippen LogP contribution is -2.41. The summed E-state index contributed by atoms with van der Waals surface area (Å²) < 4.78 is 27.2. The van der Waals surface area contributed by atoms with Gasteiger partial charge in [0.25, 0.3) is 0 Å². The summed E-state index contributed by atoms with van der Waals surface area (Å²) in [7, 11) is -2.70. The first kappa shape index (κ1) is 19.1. The Morgan fingerprint density at radius 2 is 1.93 bits per heavy atom. The summed E-state index contributed by atoms with van der Waals surface area (Å²) in [5, 5.41) is 6.63. The highest BCUT2D eigenvalue weighted by Gasteiger charge is 2.37. The van der Waals surface area contributed by atoms with Crippen LogP contribution < -0.4 is 10.2 Å². The van der Waals surface area contributed by atoms with Crippen LogP contribution in [0.15, 0.2) is 39.8 Å². The van der Waals surface area contributed by atoms with Crippen LogP contribution in [0.3, 0.4) is 0 Å². The van der Waals surface area contributed by atoms with Gasteiger partial charge in [-0.3, -0.25) is 19.8 Å². The molecule has 0 aliphatic carbocycles. The SMILES string of the molecule is CC(C)(C)c1cc(NC(=O)[C@@H]2CCC(=O)N2c2ccc([SH](=O)=O)cc2)on1. The van der Waals surface area contributed by atoms with Gasteiger partial charge >= 0.3 is 0 Å². The molecule has 9 heteroatoms. The number of hydrogen-bond donors (Lipinski definition) is 2. The Hall–Kier alpha value is -2.68. The van der Waals surface area contributed by atoms with E-state index in [0.717, 1.165) is 0 Å². The smallest absolute Gasteiger partial charge is 0.249 e. The molecule has 1 aromatic carbocycles. The van der Waals surface area contributed by atoms with Crippen LogP contribution >= 0.6 is 0 Å². The third kappa shape index (κ3) is 4.02. The van der Waals surface area contributed by atoms with Gasteiger partial charge in [-0.15, -0.1) is 0 Å². The second-order valence-corrected chi connectivity index (χ2v) is 8.44. The minimum Gasteiger partial charge on any atom is -0.338 e. The zero-order valence-electron chi connectivity index (χ0n) is 15.3. The van der Waals surface area contributed by atoms with Crippen LogP contribution in [0.5, 0.6) is 0 Å².